The first-order valence-electron chi connectivity index (χ1n) is 6.78. The van der Waals surface area contributed by atoms with Crippen molar-refractivity contribution in [1.29, 1.82) is 0 Å². The molecule has 0 spiro atoms. The number of hydrogen-bond acceptors (Lipinski definition) is 4. The number of ether oxygens (including phenoxy) is 1. The lowest BCUT2D eigenvalue weighted by atomic mass is 10.1. The first-order chi connectivity index (χ1) is 10.2. The number of methoxy groups -OCH3 is 1. The van der Waals surface area contributed by atoms with E-state index in [9.17, 15) is 0 Å². The van der Waals surface area contributed by atoms with Crippen LogP contribution < -0.4 is 5.32 Å². The Bertz CT molecular complexity index is 592. The van der Waals surface area contributed by atoms with Crippen LogP contribution in [0.5, 0.6) is 0 Å². The van der Waals surface area contributed by atoms with Gasteiger partial charge in [-0.15, -0.1) is 0 Å². The third-order valence-electron chi connectivity index (χ3n) is 2.98. The Morgan fingerprint density at radius 3 is 2.90 bits per heavy atom. The van der Waals surface area contributed by atoms with E-state index in [-0.39, 0.29) is 0 Å². The minimum Gasteiger partial charge on any atom is -0.383 e. The second-order valence-corrected chi connectivity index (χ2v) is 6.55. The number of hydrogen-bond donors (Lipinski definition) is 1. The standard InChI is InChI=1S/C16H19BrN2OS/c1-12-10-13(11-18-8-9-20-2)5-6-15(12)21-16-14(17)4-3-7-19-16/h3-7,10,18H,8-9,11H2,1-2H3. The SMILES string of the molecule is COCCNCc1ccc(Sc2ncccc2Br)c(C)c1. The van der Waals surface area contributed by atoms with E-state index in [1.54, 1.807) is 18.9 Å². The maximum atomic E-state index is 5.02. The van der Waals surface area contributed by atoms with Crippen LogP contribution in [0.1, 0.15) is 11.1 Å². The minimum atomic E-state index is 0.737. The highest BCUT2D eigenvalue weighted by atomic mass is 79.9. The molecule has 5 heteroatoms. The molecule has 0 atom stereocenters. The van der Waals surface area contributed by atoms with Crippen molar-refractivity contribution in [3.05, 3.63) is 52.1 Å². The number of nitrogens with zero attached hydrogens (tertiary/aromatic N) is 1. The van der Waals surface area contributed by atoms with Crippen LogP contribution in [0.15, 0.2) is 50.9 Å². The number of aryl methyl sites for hydroxylation is 1. The van der Waals surface area contributed by atoms with Gasteiger partial charge in [-0.2, -0.15) is 0 Å². The molecule has 0 bridgehead atoms. The van der Waals surface area contributed by atoms with Crippen LogP contribution in [-0.2, 0) is 11.3 Å². The predicted molar refractivity (Wildman–Crippen MR) is 90.8 cm³/mol. The van der Waals surface area contributed by atoms with Crippen molar-refractivity contribution in [2.75, 3.05) is 20.3 Å². The molecule has 0 fully saturated rings. The van der Waals surface area contributed by atoms with Crippen LogP contribution in [0.3, 0.4) is 0 Å². The van der Waals surface area contributed by atoms with Gasteiger partial charge < -0.3 is 10.1 Å². The van der Waals surface area contributed by atoms with Gasteiger partial charge in [-0.1, -0.05) is 23.9 Å². The molecule has 2 aromatic rings. The minimum absolute atomic E-state index is 0.737. The van der Waals surface area contributed by atoms with Crippen molar-refractivity contribution in [2.24, 2.45) is 0 Å². The van der Waals surface area contributed by atoms with Gasteiger partial charge in [0.15, 0.2) is 0 Å². The van der Waals surface area contributed by atoms with E-state index in [1.807, 2.05) is 18.3 Å². The normalized spacial score (nSPS) is 10.8. The number of rotatable bonds is 7. The van der Waals surface area contributed by atoms with Crippen LogP contribution in [0.2, 0.25) is 0 Å². The molecule has 0 radical (unpaired) electrons. The lowest BCUT2D eigenvalue weighted by Crippen LogP contribution is -2.18. The lowest BCUT2D eigenvalue weighted by Gasteiger charge is -2.09. The van der Waals surface area contributed by atoms with Gasteiger partial charge in [0, 0.05) is 31.3 Å². The molecule has 0 aliphatic carbocycles. The summed E-state index contributed by atoms with van der Waals surface area (Å²) in [4.78, 5) is 5.63. The fourth-order valence-corrected chi connectivity index (χ4v) is 3.23. The molecule has 0 aliphatic rings. The van der Waals surface area contributed by atoms with E-state index >= 15 is 0 Å². The molecule has 112 valence electrons. The Morgan fingerprint density at radius 1 is 1.33 bits per heavy atom. The van der Waals surface area contributed by atoms with Crippen molar-refractivity contribution >= 4 is 27.7 Å². The summed E-state index contributed by atoms with van der Waals surface area (Å²) in [6.07, 6.45) is 1.82. The quantitative estimate of drug-likeness (QED) is 0.749. The third-order valence-corrected chi connectivity index (χ3v) is 5.08. The zero-order valence-corrected chi connectivity index (χ0v) is 14.6. The van der Waals surface area contributed by atoms with E-state index in [0.29, 0.717) is 0 Å². The largest absolute Gasteiger partial charge is 0.383 e. The van der Waals surface area contributed by atoms with Gasteiger partial charge in [0.05, 0.1) is 11.1 Å². The van der Waals surface area contributed by atoms with Crippen LogP contribution in [-0.4, -0.2) is 25.2 Å². The van der Waals surface area contributed by atoms with Crippen LogP contribution >= 0.6 is 27.7 Å². The molecule has 0 saturated carbocycles. The maximum Gasteiger partial charge on any atom is 0.115 e. The fraction of sp³-hybridized carbons (Fsp3) is 0.312. The van der Waals surface area contributed by atoms with Crippen LogP contribution in [0.25, 0.3) is 0 Å². The van der Waals surface area contributed by atoms with Crippen LogP contribution in [0.4, 0.5) is 0 Å². The van der Waals surface area contributed by atoms with Gasteiger partial charge >= 0.3 is 0 Å². The fourth-order valence-electron chi connectivity index (χ4n) is 1.89. The first-order valence-corrected chi connectivity index (χ1v) is 8.39. The number of nitrogens with one attached hydrogen (secondary N) is 1. The first kappa shape index (κ1) is 16.5. The number of aromatic nitrogens is 1. The molecule has 1 aromatic heterocycles. The van der Waals surface area contributed by atoms with Gasteiger partial charge in [0.25, 0.3) is 0 Å². The monoisotopic (exact) mass is 366 g/mol. The average Bonchev–Trinajstić information content (AvgIpc) is 2.48. The molecule has 1 heterocycles. The molecule has 21 heavy (non-hydrogen) atoms. The Labute approximate surface area is 138 Å². The Balaban J connectivity index is 2.01. The average molecular weight is 367 g/mol. The molecule has 1 N–H and O–H groups in total. The molecule has 0 aliphatic heterocycles. The number of halogens is 1. The molecule has 0 saturated heterocycles. The summed E-state index contributed by atoms with van der Waals surface area (Å²) >= 11 is 5.22. The van der Waals surface area contributed by atoms with Gasteiger partial charge in [-0.05, 0) is 52.2 Å². The predicted octanol–water partition coefficient (Wildman–Crippen LogP) is 4.04. The van der Waals surface area contributed by atoms with Gasteiger partial charge in [0.1, 0.15) is 5.03 Å². The highest BCUT2D eigenvalue weighted by molar-refractivity contribution is 9.10. The van der Waals surface area contributed by atoms with Gasteiger partial charge in [0.2, 0.25) is 0 Å². The molecule has 2 rings (SSSR count). The van der Waals surface area contributed by atoms with E-state index in [1.165, 1.54) is 16.0 Å². The second-order valence-electron chi connectivity index (χ2n) is 4.66. The topological polar surface area (TPSA) is 34.1 Å². The van der Waals surface area contributed by atoms with E-state index in [0.717, 1.165) is 29.2 Å². The summed E-state index contributed by atoms with van der Waals surface area (Å²) in [7, 11) is 1.72. The zero-order valence-electron chi connectivity index (χ0n) is 12.2. The molecular weight excluding hydrogens is 348 g/mol. The molecule has 3 nitrogen and oxygen atoms in total. The number of pyridine rings is 1. The Hall–Kier alpha value is -0.880. The van der Waals surface area contributed by atoms with Crippen molar-refractivity contribution < 1.29 is 4.74 Å². The van der Waals surface area contributed by atoms with E-state index < -0.39 is 0 Å². The molecule has 1 aromatic carbocycles. The smallest absolute Gasteiger partial charge is 0.115 e. The summed E-state index contributed by atoms with van der Waals surface area (Å²) in [6.45, 7) is 4.60. The number of benzene rings is 1. The lowest BCUT2D eigenvalue weighted by molar-refractivity contribution is 0.199. The van der Waals surface area contributed by atoms with Crippen molar-refractivity contribution in [2.45, 2.75) is 23.4 Å². The summed E-state index contributed by atoms with van der Waals surface area (Å²) in [6, 6.07) is 10.5. The van der Waals surface area contributed by atoms with Gasteiger partial charge in [-0.25, -0.2) is 4.98 Å². The summed E-state index contributed by atoms with van der Waals surface area (Å²) in [5.41, 5.74) is 2.55. The Morgan fingerprint density at radius 2 is 2.19 bits per heavy atom. The van der Waals surface area contributed by atoms with Gasteiger partial charge in [-0.3, -0.25) is 0 Å². The molecule has 0 unspecified atom stereocenters. The molecule has 0 amide bonds. The third kappa shape index (κ3) is 5.11. The Kier molecular flexibility index (Phi) is 6.70. The summed E-state index contributed by atoms with van der Waals surface area (Å²) in [5, 5.41) is 4.35. The van der Waals surface area contributed by atoms with Crippen molar-refractivity contribution in [3.8, 4) is 0 Å². The second kappa shape index (κ2) is 8.54. The maximum absolute atomic E-state index is 5.02. The highest BCUT2D eigenvalue weighted by Crippen LogP contribution is 2.33. The van der Waals surface area contributed by atoms with E-state index in [4.69, 9.17) is 4.74 Å². The van der Waals surface area contributed by atoms with Crippen molar-refractivity contribution in [3.63, 3.8) is 0 Å². The highest BCUT2D eigenvalue weighted by Gasteiger charge is 2.06. The molecular formula is C16H19BrN2OS. The summed E-state index contributed by atoms with van der Waals surface area (Å²) < 4.78 is 6.05. The van der Waals surface area contributed by atoms with Crippen molar-refractivity contribution in [1.82, 2.24) is 10.3 Å². The zero-order chi connectivity index (χ0) is 15.1. The van der Waals surface area contributed by atoms with Crippen LogP contribution in [0, 0.1) is 6.92 Å². The van der Waals surface area contributed by atoms with E-state index in [2.05, 4.69) is 51.4 Å². The summed E-state index contributed by atoms with van der Waals surface area (Å²) in [5.74, 6) is 0.